The Morgan fingerprint density at radius 2 is 2.06 bits per heavy atom. The topological polar surface area (TPSA) is 79.8 Å². The van der Waals surface area contributed by atoms with Crippen molar-refractivity contribution in [3.05, 3.63) is 11.4 Å². The van der Waals surface area contributed by atoms with Crippen LogP contribution >= 0.6 is 0 Å². The maximum Gasteiger partial charge on any atom is 0.249 e. The summed E-state index contributed by atoms with van der Waals surface area (Å²) in [4.78, 5) is 16.4. The fourth-order valence-corrected chi connectivity index (χ4v) is 2.00. The molecule has 0 saturated carbocycles. The first-order valence-electron chi connectivity index (χ1n) is 6.26. The molecule has 1 aromatic rings. The van der Waals surface area contributed by atoms with Gasteiger partial charge in [-0.3, -0.25) is 10.1 Å². The third kappa shape index (κ3) is 2.64. The van der Waals surface area contributed by atoms with Gasteiger partial charge in [0, 0.05) is 0 Å². The molecule has 1 aromatic heterocycles. The molecule has 1 fully saturated rings. The molecule has 1 atom stereocenters. The number of aromatic nitrogens is 3. The van der Waals surface area contributed by atoms with Gasteiger partial charge in [-0.25, -0.2) is 4.98 Å². The van der Waals surface area contributed by atoms with Crippen LogP contribution in [0.2, 0.25) is 0 Å². The molecule has 2 N–H and O–H groups in total. The van der Waals surface area contributed by atoms with Crippen LogP contribution in [0.5, 0.6) is 0 Å². The van der Waals surface area contributed by atoms with E-state index in [4.69, 9.17) is 0 Å². The van der Waals surface area contributed by atoms with Gasteiger partial charge in [0.05, 0.1) is 16.9 Å². The molecular formula is C12H19N5O. The molecule has 2 heterocycles. The second-order valence-corrected chi connectivity index (χ2v) is 4.98. The minimum absolute atomic E-state index is 0.0905. The molecule has 6 heteroatoms. The van der Waals surface area contributed by atoms with Crippen LogP contribution in [0.1, 0.15) is 37.6 Å². The van der Waals surface area contributed by atoms with E-state index in [0.29, 0.717) is 0 Å². The molecular weight excluding hydrogens is 230 g/mol. The zero-order valence-corrected chi connectivity index (χ0v) is 11.1. The molecule has 0 radical (unpaired) electrons. The van der Waals surface area contributed by atoms with Crippen molar-refractivity contribution in [2.75, 3.05) is 11.9 Å². The average Bonchev–Trinajstić information content (AvgIpc) is 2.35. The number of carbonyl (C=O) groups is 1. The summed E-state index contributed by atoms with van der Waals surface area (Å²) in [7, 11) is 0. The fraction of sp³-hybridized carbons (Fsp3) is 0.667. The zero-order valence-electron chi connectivity index (χ0n) is 11.1. The lowest BCUT2D eigenvalue weighted by Gasteiger charge is -2.33. The molecule has 98 valence electrons. The Balaban J connectivity index is 2.08. The van der Waals surface area contributed by atoms with Gasteiger partial charge in [-0.2, -0.15) is 5.10 Å². The van der Waals surface area contributed by atoms with E-state index in [0.717, 1.165) is 37.2 Å². The summed E-state index contributed by atoms with van der Waals surface area (Å²) in [5.41, 5.74) is 1.03. The highest BCUT2D eigenvalue weighted by molar-refractivity contribution is 5.96. The Labute approximate surface area is 107 Å². The molecule has 1 amide bonds. The van der Waals surface area contributed by atoms with Crippen molar-refractivity contribution < 1.29 is 4.79 Å². The Kier molecular flexibility index (Phi) is 3.56. The summed E-state index contributed by atoms with van der Waals surface area (Å²) in [6.45, 7) is 6.47. The predicted octanol–water partition coefficient (Wildman–Crippen LogP) is 0.959. The van der Waals surface area contributed by atoms with Crippen LogP contribution in [0, 0.1) is 13.8 Å². The Bertz CT molecular complexity index is 454. The van der Waals surface area contributed by atoms with Crippen molar-refractivity contribution in [1.29, 1.82) is 0 Å². The first-order valence-corrected chi connectivity index (χ1v) is 6.26. The van der Waals surface area contributed by atoms with Crippen LogP contribution in [0.3, 0.4) is 0 Å². The van der Waals surface area contributed by atoms with E-state index in [-0.39, 0.29) is 11.9 Å². The maximum absolute atomic E-state index is 12.2. The SMILES string of the molecule is Cc1nnc(NC(=O)C2(C)CCCCN2)nc1C. The van der Waals surface area contributed by atoms with Gasteiger partial charge >= 0.3 is 0 Å². The fourth-order valence-electron chi connectivity index (χ4n) is 2.00. The highest BCUT2D eigenvalue weighted by Gasteiger charge is 2.34. The van der Waals surface area contributed by atoms with Crippen LogP contribution in [0.15, 0.2) is 0 Å². The van der Waals surface area contributed by atoms with Gasteiger partial charge in [-0.05, 0) is 46.6 Å². The van der Waals surface area contributed by atoms with Crippen LogP contribution in [-0.4, -0.2) is 33.2 Å². The Hall–Kier alpha value is -1.56. The number of hydrogen-bond donors (Lipinski definition) is 2. The zero-order chi connectivity index (χ0) is 13.2. The molecule has 0 spiro atoms. The van der Waals surface area contributed by atoms with Crippen molar-refractivity contribution in [3.63, 3.8) is 0 Å². The first-order chi connectivity index (χ1) is 8.51. The normalized spacial score (nSPS) is 23.7. The van der Waals surface area contributed by atoms with Gasteiger partial charge in [-0.1, -0.05) is 0 Å². The number of anilines is 1. The Morgan fingerprint density at radius 3 is 2.67 bits per heavy atom. The van der Waals surface area contributed by atoms with Gasteiger partial charge in [0.2, 0.25) is 11.9 Å². The first kappa shape index (κ1) is 12.9. The van der Waals surface area contributed by atoms with Crippen molar-refractivity contribution in [3.8, 4) is 0 Å². The van der Waals surface area contributed by atoms with E-state index < -0.39 is 5.54 Å². The molecule has 6 nitrogen and oxygen atoms in total. The van der Waals surface area contributed by atoms with Crippen molar-refractivity contribution >= 4 is 11.9 Å². The number of hydrogen-bond acceptors (Lipinski definition) is 5. The summed E-state index contributed by atoms with van der Waals surface area (Å²) < 4.78 is 0. The molecule has 18 heavy (non-hydrogen) atoms. The molecule has 0 bridgehead atoms. The van der Waals surface area contributed by atoms with Gasteiger partial charge in [-0.15, -0.1) is 5.10 Å². The molecule has 0 aliphatic carbocycles. The largest absolute Gasteiger partial charge is 0.304 e. The lowest BCUT2D eigenvalue weighted by molar-refractivity contribution is -0.122. The minimum Gasteiger partial charge on any atom is -0.304 e. The summed E-state index contributed by atoms with van der Waals surface area (Å²) in [6.07, 6.45) is 3.00. The monoisotopic (exact) mass is 249 g/mol. The lowest BCUT2D eigenvalue weighted by Crippen LogP contribution is -2.54. The summed E-state index contributed by atoms with van der Waals surface area (Å²) >= 11 is 0. The van der Waals surface area contributed by atoms with E-state index in [9.17, 15) is 4.79 Å². The number of amides is 1. The van der Waals surface area contributed by atoms with E-state index >= 15 is 0 Å². The van der Waals surface area contributed by atoms with Crippen molar-refractivity contribution in [2.45, 2.75) is 45.6 Å². The predicted molar refractivity (Wildman–Crippen MR) is 68.2 cm³/mol. The van der Waals surface area contributed by atoms with Crippen LogP contribution in [-0.2, 0) is 4.79 Å². The molecule has 1 aliphatic rings. The molecule has 2 rings (SSSR count). The molecule has 1 aliphatic heterocycles. The number of nitrogens with one attached hydrogen (secondary N) is 2. The highest BCUT2D eigenvalue weighted by Crippen LogP contribution is 2.20. The van der Waals surface area contributed by atoms with Crippen molar-refractivity contribution in [1.82, 2.24) is 20.5 Å². The third-order valence-corrected chi connectivity index (χ3v) is 3.44. The van der Waals surface area contributed by atoms with Crippen molar-refractivity contribution in [2.24, 2.45) is 0 Å². The molecule has 1 unspecified atom stereocenters. The van der Waals surface area contributed by atoms with Gasteiger partial charge in [0.25, 0.3) is 0 Å². The van der Waals surface area contributed by atoms with Gasteiger partial charge in [0.15, 0.2) is 0 Å². The smallest absolute Gasteiger partial charge is 0.249 e. The second kappa shape index (κ2) is 4.97. The van der Waals surface area contributed by atoms with Crippen LogP contribution in [0.25, 0.3) is 0 Å². The average molecular weight is 249 g/mol. The van der Waals surface area contributed by atoms with E-state index in [2.05, 4.69) is 25.8 Å². The van der Waals surface area contributed by atoms with E-state index in [1.165, 1.54) is 0 Å². The summed E-state index contributed by atoms with van der Waals surface area (Å²) in [5, 5.41) is 13.8. The maximum atomic E-state index is 12.2. The number of nitrogens with zero attached hydrogens (tertiary/aromatic N) is 3. The van der Waals surface area contributed by atoms with Gasteiger partial charge < -0.3 is 5.32 Å². The molecule has 1 saturated heterocycles. The number of rotatable bonds is 2. The summed E-state index contributed by atoms with van der Waals surface area (Å²) in [5.74, 6) is 0.184. The van der Waals surface area contributed by atoms with E-state index in [1.807, 2.05) is 20.8 Å². The lowest BCUT2D eigenvalue weighted by atomic mass is 9.90. The second-order valence-electron chi connectivity index (χ2n) is 4.98. The highest BCUT2D eigenvalue weighted by atomic mass is 16.2. The van der Waals surface area contributed by atoms with Crippen LogP contribution < -0.4 is 10.6 Å². The third-order valence-electron chi connectivity index (χ3n) is 3.44. The summed E-state index contributed by atoms with van der Waals surface area (Å²) in [6, 6.07) is 0. The number of aryl methyl sites for hydroxylation is 2. The van der Waals surface area contributed by atoms with Gasteiger partial charge in [0.1, 0.15) is 0 Å². The minimum atomic E-state index is -0.527. The standard InChI is InChI=1S/C12H19N5O/c1-8-9(2)16-17-11(14-8)15-10(18)12(3)6-4-5-7-13-12/h13H,4-7H2,1-3H3,(H,14,15,17,18). The quantitative estimate of drug-likeness (QED) is 0.816. The number of piperidine rings is 1. The van der Waals surface area contributed by atoms with Crippen LogP contribution in [0.4, 0.5) is 5.95 Å². The van der Waals surface area contributed by atoms with E-state index in [1.54, 1.807) is 0 Å². The Morgan fingerprint density at radius 1 is 1.28 bits per heavy atom. The molecule has 0 aromatic carbocycles. The number of carbonyl (C=O) groups excluding carboxylic acids is 1.